The zero-order valence-electron chi connectivity index (χ0n) is 11.6. The van der Waals surface area contributed by atoms with E-state index in [-0.39, 0.29) is 24.3 Å². The summed E-state index contributed by atoms with van der Waals surface area (Å²) in [6.45, 7) is 0.0175. The van der Waals surface area contributed by atoms with E-state index in [1.807, 2.05) is 0 Å². The van der Waals surface area contributed by atoms with Crippen LogP contribution in [0.15, 0.2) is 17.3 Å². The van der Waals surface area contributed by atoms with Crippen molar-refractivity contribution in [1.82, 2.24) is 19.4 Å². The first-order valence-corrected chi connectivity index (χ1v) is 7.86. The first-order chi connectivity index (χ1) is 9.59. The Balaban J connectivity index is 2.03. The van der Waals surface area contributed by atoms with Crippen molar-refractivity contribution < 1.29 is 21.6 Å². The molecule has 6 nitrogen and oxygen atoms in total. The van der Waals surface area contributed by atoms with Crippen molar-refractivity contribution in [1.29, 1.82) is 0 Å². The smallest absolute Gasteiger partial charge is 0.294 e. The number of nitrogens with one attached hydrogen (secondary N) is 1. The Morgan fingerprint density at radius 3 is 2.48 bits per heavy atom. The quantitative estimate of drug-likeness (QED) is 0.889. The highest BCUT2D eigenvalue weighted by molar-refractivity contribution is 7.89. The van der Waals surface area contributed by atoms with Crippen molar-refractivity contribution in [2.45, 2.75) is 36.0 Å². The van der Waals surface area contributed by atoms with Crippen LogP contribution in [0.25, 0.3) is 0 Å². The number of piperidine rings is 1. The molecule has 1 aromatic rings. The van der Waals surface area contributed by atoms with E-state index in [4.69, 9.17) is 0 Å². The normalized spacial score (nSPS) is 25.2. The van der Waals surface area contributed by atoms with Crippen LogP contribution >= 0.6 is 0 Å². The summed E-state index contributed by atoms with van der Waals surface area (Å²) in [5.41, 5.74) is 0. The molecule has 0 unspecified atom stereocenters. The molecular formula is C11H17F3N4O2S. The van der Waals surface area contributed by atoms with Crippen LogP contribution in [0.5, 0.6) is 0 Å². The van der Waals surface area contributed by atoms with Gasteiger partial charge in [0.2, 0.25) is 10.0 Å². The Morgan fingerprint density at radius 2 is 2.00 bits per heavy atom. The fourth-order valence-electron chi connectivity index (χ4n) is 2.48. The number of aryl methyl sites for hydroxylation is 1. The summed E-state index contributed by atoms with van der Waals surface area (Å²) in [5, 5.41) is 3.77. The Bertz CT molecular complexity index is 599. The van der Waals surface area contributed by atoms with Gasteiger partial charge >= 0.3 is 6.18 Å². The molecule has 0 spiro atoms. The Morgan fingerprint density at radius 1 is 1.33 bits per heavy atom. The molecule has 1 aliphatic rings. The van der Waals surface area contributed by atoms with Crippen LogP contribution in [0.1, 0.15) is 12.8 Å². The summed E-state index contributed by atoms with van der Waals surface area (Å²) in [4.78, 5) is 1.14. The van der Waals surface area contributed by atoms with Gasteiger partial charge in [0.15, 0.2) is 0 Å². The largest absolute Gasteiger partial charge is 0.404 e. The first-order valence-electron chi connectivity index (χ1n) is 6.37. The highest BCUT2D eigenvalue weighted by Crippen LogP contribution is 2.31. The lowest BCUT2D eigenvalue weighted by atomic mass is 9.99. The van der Waals surface area contributed by atoms with Gasteiger partial charge in [0, 0.05) is 25.8 Å². The summed E-state index contributed by atoms with van der Waals surface area (Å²) in [6, 6.07) is -2.06. The minimum absolute atomic E-state index is 0.00518. The van der Waals surface area contributed by atoms with Gasteiger partial charge in [-0.15, -0.1) is 0 Å². The molecular weight excluding hydrogens is 309 g/mol. The summed E-state index contributed by atoms with van der Waals surface area (Å²) in [7, 11) is -0.822. The second kappa shape index (κ2) is 5.58. The van der Waals surface area contributed by atoms with Gasteiger partial charge in [-0.2, -0.15) is 18.3 Å². The first kappa shape index (κ1) is 16.2. The number of likely N-dealkylation sites (N-methyl/N-ethyl adjacent to an activating group) is 1. The van der Waals surface area contributed by atoms with E-state index in [9.17, 15) is 21.6 Å². The third-order valence-electron chi connectivity index (χ3n) is 3.52. The summed E-state index contributed by atoms with van der Waals surface area (Å²) < 4.78 is 66.2. The number of hydrogen-bond donors (Lipinski definition) is 1. The van der Waals surface area contributed by atoms with Crippen molar-refractivity contribution in [3.8, 4) is 0 Å². The minimum Gasteiger partial charge on any atom is -0.294 e. The lowest BCUT2D eigenvalue weighted by Gasteiger charge is -2.38. The van der Waals surface area contributed by atoms with E-state index in [1.165, 1.54) is 24.1 Å². The third-order valence-corrected chi connectivity index (χ3v) is 5.00. The number of halogens is 3. The molecule has 0 amide bonds. The standard InChI is InChI=1S/C11H17F3N4O2S/c1-17-6-8(3-4-10(17)11(12,13)14)16-21(19,20)9-5-15-18(2)7-9/h5,7-8,10,16H,3-4,6H2,1-2H3/t8-,10-/m0/s1. The number of sulfonamides is 1. The van der Waals surface area contributed by atoms with E-state index < -0.39 is 28.3 Å². The molecule has 0 radical (unpaired) electrons. The Hall–Kier alpha value is -1.13. The number of rotatable bonds is 3. The summed E-state index contributed by atoms with van der Waals surface area (Å²) >= 11 is 0. The maximum Gasteiger partial charge on any atom is 0.404 e. The molecule has 0 saturated carbocycles. The Kier molecular flexibility index (Phi) is 4.31. The van der Waals surface area contributed by atoms with E-state index >= 15 is 0 Å². The van der Waals surface area contributed by atoms with Crippen LogP contribution < -0.4 is 4.72 Å². The number of aromatic nitrogens is 2. The topological polar surface area (TPSA) is 67.2 Å². The van der Waals surface area contributed by atoms with Crippen molar-refractivity contribution in [3.05, 3.63) is 12.4 Å². The molecule has 2 atom stereocenters. The predicted molar refractivity (Wildman–Crippen MR) is 69.0 cm³/mol. The van der Waals surface area contributed by atoms with Crippen molar-refractivity contribution in [2.24, 2.45) is 7.05 Å². The molecule has 10 heteroatoms. The Labute approximate surface area is 121 Å². The molecule has 1 aromatic heterocycles. The average molecular weight is 326 g/mol. The molecule has 1 N–H and O–H groups in total. The maximum absolute atomic E-state index is 12.7. The SMILES string of the molecule is CN1C[C@@H](NS(=O)(=O)c2cnn(C)c2)CC[C@H]1C(F)(F)F. The van der Waals surface area contributed by atoms with Gasteiger partial charge in [-0.3, -0.25) is 9.58 Å². The van der Waals surface area contributed by atoms with Gasteiger partial charge in [0.1, 0.15) is 10.9 Å². The van der Waals surface area contributed by atoms with Crippen LogP contribution in [-0.4, -0.2) is 55.0 Å². The van der Waals surface area contributed by atoms with Crippen LogP contribution in [0.4, 0.5) is 13.2 Å². The van der Waals surface area contributed by atoms with E-state index in [0.29, 0.717) is 0 Å². The number of likely N-dealkylation sites (tertiary alicyclic amines) is 1. The van der Waals surface area contributed by atoms with Gasteiger partial charge in [-0.25, -0.2) is 13.1 Å². The van der Waals surface area contributed by atoms with Crippen LogP contribution in [-0.2, 0) is 17.1 Å². The molecule has 21 heavy (non-hydrogen) atoms. The minimum atomic E-state index is -4.29. The zero-order chi connectivity index (χ0) is 15.8. The van der Waals surface area contributed by atoms with Crippen molar-refractivity contribution in [2.75, 3.05) is 13.6 Å². The molecule has 1 saturated heterocycles. The maximum atomic E-state index is 12.7. The van der Waals surface area contributed by atoms with Crippen LogP contribution in [0.3, 0.4) is 0 Å². The van der Waals surface area contributed by atoms with E-state index in [1.54, 1.807) is 7.05 Å². The number of nitrogens with zero attached hydrogens (tertiary/aromatic N) is 3. The molecule has 0 aliphatic carbocycles. The van der Waals surface area contributed by atoms with Gasteiger partial charge in [-0.1, -0.05) is 0 Å². The molecule has 1 fully saturated rings. The lowest BCUT2D eigenvalue weighted by molar-refractivity contribution is -0.188. The van der Waals surface area contributed by atoms with E-state index in [2.05, 4.69) is 9.82 Å². The molecule has 2 heterocycles. The number of alkyl halides is 3. The van der Waals surface area contributed by atoms with E-state index in [0.717, 1.165) is 4.90 Å². The molecule has 120 valence electrons. The van der Waals surface area contributed by atoms with Crippen molar-refractivity contribution >= 4 is 10.0 Å². The second-order valence-electron chi connectivity index (χ2n) is 5.24. The summed E-state index contributed by atoms with van der Waals surface area (Å²) in [5.74, 6) is 0. The predicted octanol–water partition coefficient (Wildman–Crippen LogP) is 0.723. The molecule has 1 aliphatic heterocycles. The average Bonchev–Trinajstić information content (AvgIpc) is 2.74. The van der Waals surface area contributed by atoms with Gasteiger partial charge in [0.05, 0.1) is 6.20 Å². The van der Waals surface area contributed by atoms with Gasteiger partial charge in [0.25, 0.3) is 0 Å². The van der Waals surface area contributed by atoms with Crippen LogP contribution in [0.2, 0.25) is 0 Å². The number of hydrogen-bond acceptors (Lipinski definition) is 4. The monoisotopic (exact) mass is 326 g/mol. The van der Waals surface area contributed by atoms with Gasteiger partial charge < -0.3 is 0 Å². The fraction of sp³-hybridized carbons (Fsp3) is 0.727. The molecule has 2 rings (SSSR count). The van der Waals surface area contributed by atoms with Crippen molar-refractivity contribution in [3.63, 3.8) is 0 Å². The molecule has 0 bridgehead atoms. The summed E-state index contributed by atoms with van der Waals surface area (Å²) in [6.07, 6.45) is -1.73. The van der Waals surface area contributed by atoms with Gasteiger partial charge in [-0.05, 0) is 19.9 Å². The molecule has 0 aromatic carbocycles. The lowest BCUT2D eigenvalue weighted by Crippen LogP contribution is -2.54. The third kappa shape index (κ3) is 3.74. The zero-order valence-corrected chi connectivity index (χ0v) is 12.4. The highest BCUT2D eigenvalue weighted by atomic mass is 32.2. The van der Waals surface area contributed by atoms with Crippen LogP contribution in [0, 0.1) is 0 Å². The highest BCUT2D eigenvalue weighted by Gasteiger charge is 2.45. The fourth-order valence-corrected chi connectivity index (χ4v) is 3.72. The second-order valence-corrected chi connectivity index (χ2v) is 6.96.